The van der Waals surface area contributed by atoms with E-state index in [4.69, 9.17) is 0 Å². The molecule has 0 saturated carbocycles. The van der Waals surface area contributed by atoms with E-state index in [9.17, 15) is 4.79 Å². The highest BCUT2D eigenvalue weighted by molar-refractivity contribution is 5.99. The molecule has 0 fully saturated rings. The van der Waals surface area contributed by atoms with Crippen LogP contribution in [0.15, 0.2) is 48.9 Å². The number of hydrogen-bond acceptors (Lipinski definition) is 3. The molecule has 1 aliphatic rings. The summed E-state index contributed by atoms with van der Waals surface area (Å²) in [5, 5.41) is 4.20. The Morgan fingerprint density at radius 2 is 2.18 bits per heavy atom. The van der Waals surface area contributed by atoms with Crippen molar-refractivity contribution in [1.29, 1.82) is 0 Å². The Bertz CT molecular complexity index is 854. The summed E-state index contributed by atoms with van der Waals surface area (Å²) >= 11 is 0. The molecule has 0 aliphatic heterocycles. The smallest absolute Gasteiger partial charge is 0.259 e. The van der Waals surface area contributed by atoms with E-state index in [1.54, 1.807) is 29.2 Å². The zero-order chi connectivity index (χ0) is 15.1. The summed E-state index contributed by atoms with van der Waals surface area (Å²) in [6.45, 7) is 0. The molecule has 0 N–H and O–H groups in total. The fourth-order valence-electron chi connectivity index (χ4n) is 3.25. The van der Waals surface area contributed by atoms with Gasteiger partial charge in [0.05, 0.1) is 12.2 Å². The van der Waals surface area contributed by atoms with Gasteiger partial charge in [-0.1, -0.05) is 24.3 Å². The minimum absolute atomic E-state index is 0.0320. The summed E-state index contributed by atoms with van der Waals surface area (Å²) < 4.78 is 1.63. The second kappa shape index (κ2) is 4.94. The average molecular weight is 292 g/mol. The van der Waals surface area contributed by atoms with E-state index in [0.29, 0.717) is 11.2 Å². The molecule has 1 unspecified atom stereocenters. The van der Waals surface area contributed by atoms with E-state index in [0.717, 1.165) is 12.8 Å². The second-order valence-corrected chi connectivity index (χ2v) is 5.62. The van der Waals surface area contributed by atoms with Gasteiger partial charge in [0, 0.05) is 19.4 Å². The summed E-state index contributed by atoms with van der Waals surface area (Å²) in [6, 6.07) is 10.3. The fraction of sp³-hybridized carbons (Fsp3) is 0.235. The van der Waals surface area contributed by atoms with Crippen LogP contribution in [-0.4, -0.2) is 32.5 Å². The lowest BCUT2D eigenvalue weighted by Crippen LogP contribution is -2.30. The maximum atomic E-state index is 12.8. The quantitative estimate of drug-likeness (QED) is 0.729. The molecule has 0 saturated heterocycles. The van der Waals surface area contributed by atoms with Crippen LogP contribution in [-0.2, 0) is 6.42 Å². The Kier molecular flexibility index (Phi) is 2.92. The van der Waals surface area contributed by atoms with Crippen LogP contribution in [0.2, 0.25) is 0 Å². The minimum atomic E-state index is -0.0320. The molecule has 3 aromatic rings. The Balaban J connectivity index is 1.69. The molecular formula is C17H16N4O. The van der Waals surface area contributed by atoms with E-state index in [-0.39, 0.29) is 11.9 Å². The van der Waals surface area contributed by atoms with Gasteiger partial charge in [-0.15, -0.1) is 0 Å². The molecule has 110 valence electrons. The molecule has 4 rings (SSSR count). The normalized spacial score (nSPS) is 16.7. The first-order chi connectivity index (χ1) is 10.8. The van der Waals surface area contributed by atoms with E-state index < -0.39 is 0 Å². The molecule has 1 aromatic carbocycles. The summed E-state index contributed by atoms with van der Waals surface area (Å²) in [7, 11) is 1.86. The van der Waals surface area contributed by atoms with Crippen LogP contribution in [0.4, 0.5) is 0 Å². The van der Waals surface area contributed by atoms with E-state index in [1.807, 2.05) is 18.0 Å². The predicted octanol–water partition coefficient (Wildman–Crippen LogP) is 2.49. The first-order valence-corrected chi connectivity index (χ1v) is 7.39. The number of aromatic nitrogens is 3. The summed E-state index contributed by atoms with van der Waals surface area (Å²) in [6.07, 6.45) is 7.06. The molecule has 5 nitrogen and oxygen atoms in total. The summed E-state index contributed by atoms with van der Waals surface area (Å²) in [5.74, 6) is -0.0320. The van der Waals surface area contributed by atoms with Crippen LogP contribution in [0.5, 0.6) is 0 Å². The average Bonchev–Trinajstić information content (AvgIpc) is 3.17. The maximum absolute atomic E-state index is 12.8. The molecule has 2 aromatic heterocycles. The highest BCUT2D eigenvalue weighted by Gasteiger charge is 2.30. The van der Waals surface area contributed by atoms with Crippen molar-refractivity contribution in [3.05, 3.63) is 65.6 Å². The van der Waals surface area contributed by atoms with Crippen LogP contribution in [0.25, 0.3) is 5.65 Å². The minimum Gasteiger partial charge on any atom is -0.334 e. The van der Waals surface area contributed by atoms with Crippen molar-refractivity contribution in [2.24, 2.45) is 0 Å². The number of carbonyl (C=O) groups is 1. The number of hydrogen-bond donors (Lipinski definition) is 0. The Morgan fingerprint density at radius 1 is 1.32 bits per heavy atom. The molecule has 5 heteroatoms. The number of fused-ring (bicyclic) bond motifs is 2. The van der Waals surface area contributed by atoms with Crippen LogP contribution in [0.3, 0.4) is 0 Å². The van der Waals surface area contributed by atoms with Gasteiger partial charge in [-0.2, -0.15) is 5.10 Å². The molecule has 0 radical (unpaired) electrons. The Labute approximate surface area is 128 Å². The van der Waals surface area contributed by atoms with Gasteiger partial charge in [0.2, 0.25) is 0 Å². The molecule has 0 bridgehead atoms. The van der Waals surface area contributed by atoms with Crippen LogP contribution < -0.4 is 0 Å². The van der Waals surface area contributed by atoms with Crippen LogP contribution >= 0.6 is 0 Å². The third-order valence-corrected chi connectivity index (χ3v) is 4.40. The van der Waals surface area contributed by atoms with Gasteiger partial charge >= 0.3 is 0 Å². The monoisotopic (exact) mass is 292 g/mol. The van der Waals surface area contributed by atoms with E-state index >= 15 is 0 Å². The zero-order valence-corrected chi connectivity index (χ0v) is 12.3. The standard InChI is InChI=1S/C17H16N4O/c1-20(15-8-7-12-5-2-3-6-13(12)15)17(22)14-11-19-21-10-4-9-18-16(14)21/h2-6,9-11,15H,7-8H2,1H3. The van der Waals surface area contributed by atoms with Crippen molar-refractivity contribution in [2.75, 3.05) is 7.05 Å². The Hall–Kier alpha value is -2.69. The van der Waals surface area contributed by atoms with Crippen molar-refractivity contribution in [2.45, 2.75) is 18.9 Å². The number of carbonyl (C=O) groups excluding carboxylic acids is 1. The van der Waals surface area contributed by atoms with Crippen molar-refractivity contribution in [3.8, 4) is 0 Å². The lowest BCUT2D eigenvalue weighted by Gasteiger charge is -2.25. The van der Waals surface area contributed by atoms with Gasteiger partial charge in [0.25, 0.3) is 5.91 Å². The first-order valence-electron chi connectivity index (χ1n) is 7.39. The third kappa shape index (κ3) is 1.89. The van der Waals surface area contributed by atoms with Crippen molar-refractivity contribution >= 4 is 11.6 Å². The number of rotatable bonds is 2. The van der Waals surface area contributed by atoms with Crippen LogP contribution in [0, 0.1) is 0 Å². The van der Waals surface area contributed by atoms with Gasteiger partial charge in [0.1, 0.15) is 5.56 Å². The van der Waals surface area contributed by atoms with Crippen molar-refractivity contribution in [3.63, 3.8) is 0 Å². The molecule has 1 aliphatic carbocycles. The largest absolute Gasteiger partial charge is 0.334 e. The van der Waals surface area contributed by atoms with Gasteiger partial charge < -0.3 is 4.90 Å². The molecule has 2 heterocycles. The van der Waals surface area contributed by atoms with Crippen molar-refractivity contribution in [1.82, 2.24) is 19.5 Å². The van der Waals surface area contributed by atoms with Gasteiger partial charge in [0.15, 0.2) is 5.65 Å². The highest BCUT2D eigenvalue weighted by Crippen LogP contribution is 2.35. The lowest BCUT2D eigenvalue weighted by atomic mass is 10.1. The molecule has 1 atom stereocenters. The van der Waals surface area contributed by atoms with Gasteiger partial charge in [-0.25, -0.2) is 9.50 Å². The van der Waals surface area contributed by atoms with Gasteiger partial charge in [-0.05, 0) is 30.0 Å². The second-order valence-electron chi connectivity index (χ2n) is 5.62. The molecule has 0 spiro atoms. The van der Waals surface area contributed by atoms with E-state index in [1.165, 1.54) is 11.1 Å². The molecule has 1 amide bonds. The first kappa shape index (κ1) is 13.0. The van der Waals surface area contributed by atoms with Gasteiger partial charge in [-0.3, -0.25) is 4.79 Å². The molecule has 22 heavy (non-hydrogen) atoms. The third-order valence-electron chi connectivity index (χ3n) is 4.40. The molecular weight excluding hydrogens is 276 g/mol. The number of amides is 1. The SMILES string of the molecule is CN(C(=O)c1cnn2cccnc12)C1CCc2ccccc21. The van der Waals surface area contributed by atoms with Crippen molar-refractivity contribution < 1.29 is 4.79 Å². The van der Waals surface area contributed by atoms with Crippen LogP contribution in [0.1, 0.15) is 33.9 Å². The fourth-order valence-corrected chi connectivity index (χ4v) is 3.25. The zero-order valence-electron chi connectivity index (χ0n) is 12.3. The number of aryl methyl sites for hydroxylation is 1. The summed E-state index contributed by atoms with van der Waals surface area (Å²) in [5.41, 5.74) is 3.74. The topological polar surface area (TPSA) is 50.5 Å². The number of nitrogens with zero attached hydrogens (tertiary/aromatic N) is 4. The Morgan fingerprint density at radius 3 is 3.09 bits per heavy atom. The highest BCUT2D eigenvalue weighted by atomic mass is 16.2. The maximum Gasteiger partial charge on any atom is 0.259 e. The van der Waals surface area contributed by atoms with E-state index in [2.05, 4.69) is 28.3 Å². The number of benzene rings is 1. The lowest BCUT2D eigenvalue weighted by molar-refractivity contribution is 0.0732. The predicted molar refractivity (Wildman–Crippen MR) is 82.6 cm³/mol. The summed E-state index contributed by atoms with van der Waals surface area (Å²) in [4.78, 5) is 18.9.